The molecule has 0 saturated carbocycles. The first-order valence-electron chi connectivity index (χ1n) is 5.71. The third-order valence-corrected chi connectivity index (χ3v) is 5.36. The molecule has 0 radical (unpaired) electrons. The molecule has 0 aliphatic rings. The molecule has 0 spiro atoms. The average Bonchev–Trinajstić information content (AvgIpc) is 2.70. The molecule has 0 aliphatic heterocycles. The first-order valence-corrected chi connectivity index (χ1v) is 8.48. The smallest absolute Gasteiger partial charge is 0.247 e. The van der Waals surface area contributed by atoms with Crippen LogP contribution in [-0.2, 0) is 20.6 Å². The Morgan fingerprint density at radius 1 is 1.53 bits per heavy atom. The van der Waals surface area contributed by atoms with Gasteiger partial charge in [0.05, 0.1) is 18.6 Å². The van der Waals surface area contributed by atoms with Crippen molar-refractivity contribution < 1.29 is 17.6 Å². The largest absolute Gasteiger partial charge is 0.452 e. The molecule has 0 saturated heterocycles. The number of hydrogen-bond acceptors (Lipinski definition) is 4. The van der Waals surface area contributed by atoms with Crippen molar-refractivity contribution in [2.24, 2.45) is 0 Å². The predicted molar refractivity (Wildman–Crippen MR) is 76.9 cm³/mol. The second-order valence-electron chi connectivity index (χ2n) is 4.23. The predicted octanol–water partition coefficient (Wildman–Crippen LogP) is 2.83. The van der Waals surface area contributed by atoms with Crippen LogP contribution in [0.15, 0.2) is 20.0 Å². The molecule has 1 rings (SSSR count). The number of furan rings is 1. The molecule has 0 unspecified atom stereocenters. The minimum atomic E-state index is -3.60. The summed E-state index contributed by atoms with van der Waals surface area (Å²) in [6, 6.07) is 1.42. The quantitative estimate of drug-likeness (QED) is 0.689. The van der Waals surface area contributed by atoms with Crippen LogP contribution in [0.1, 0.15) is 19.6 Å². The Kier molecular flexibility index (Phi) is 6.32. The summed E-state index contributed by atoms with van der Waals surface area (Å²) >= 11 is 8.71. The molecule has 0 aliphatic carbocycles. The van der Waals surface area contributed by atoms with Gasteiger partial charge in [-0.25, -0.2) is 8.42 Å². The minimum absolute atomic E-state index is 0.0691. The lowest BCUT2D eigenvalue weighted by molar-refractivity contribution is 0.0737. The van der Waals surface area contributed by atoms with Crippen LogP contribution in [0.2, 0.25) is 0 Å². The molecule has 0 aromatic carbocycles. The van der Waals surface area contributed by atoms with Gasteiger partial charge >= 0.3 is 0 Å². The minimum Gasteiger partial charge on any atom is -0.452 e. The topological polar surface area (TPSA) is 59.8 Å². The molecule has 1 aromatic rings. The van der Waals surface area contributed by atoms with Gasteiger partial charge in [-0.15, -0.1) is 11.6 Å². The molecule has 5 nitrogen and oxygen atoms in total. The molecule has 0 fully saturated rings. The van der Waals surface area contributed by atoms with Crippen molar-refractivity contribution in [2.45, 2.75) is 30.7 Å². The maximum Gasteiger partial charge on any atom is 0.247 e. The normalized spacial score (nSPS) is 12.6. The van der Waals surface area contributed by atoms with Gasteiger partial charge in [-0.05, 0) is 29.8 Å². The van der Waals surface area contributed by atoms with E-state index in [9.17, 15) is 8.42 Å². The van der Waals surface area contributed by atoms with Crippen LogP contribution >= 0.6 is 27.5 Å². The molecule has 0 atom stereocenters. The standard InChI is InChI=1S/C11H17BrClNO4S/c1-8(2)17-5-4-14(3)19(15,16)10-6-9(7-13)18-11(10)12/h6,8H,4-5,7H2,1-3H3. The van der Waals surface area contributed by atoms with Crippen molar-refractivity contribution in [1.29, 1.82) is 0 Å². The van der Waals surface area contributed by atoms with Gasteiger partial charge in [0.2, 0.25) is 10.0 Å². The number of ether oxygens (including phenoxy) is 1. The van der Waals surface area contributed by atoms with E-state index in [1.54, 1.807) is 0 Å². The zero-order valence-electron chi connectivity index (χ0n) is 11.0. The van der Waals surface area contributed by atoms with Gasteiger partial charge in [0.1, 0.15) is 10.7 Å². The monoisotopic (exact) mass is 373 g/mol. The van der Waals surface area contributed by atoms with E-state index in [2.05, 4.69) is 15.9 Å². The summed E-state index contributed by atoms with van der Waals surface area (Å²) in [6.07, 6.45) is 0.0691. The molecule has 1 heterocycles. The molecule has 0 bridgehead atoms. The molecule has 8 heteroatoms. The summed E-state index contributed by atoms with van der Waals surface area (Å²) in [4.78, 5) is 0.0789. The zero-order chi connectivity index (χ0) is 14.6. The number of sulfonamides is 1. The van der Waals surface area contributed by atoms with Crippen LogP contribution in [0.3, 0.4) is 0 Å². The fraction of sp³-hybridized carbons (Fsp3) is 0.636. The van der Waals surface area contributed by atoms with Crippen LogP contribution in [0.5, 0.6) is 0 Å². The Labute approximate surface area is 127 Å². The fourth-order valence-electron chi connectivity index (χ4n) is 1.34. The number of nitrogens with zero attached hydrogens (tertiary/aromatic N) is 1. The van der Waals surface area contributed by atoms with Crippen LogP contribution in [0.25, 0.3) is 0 Å². The summed E-state index contributed by atoms with van der Waals surface area (Å²) < 4.78 is 36.5. The highest BCUT2D eigenvalue weighted by Gasteiger charge is 2.26. The van der Waals surface area contributed by atoms with Crippen molar-refractivity contribution in [3.8, 4) is 0 Å². The second-order valence-corrected chi connectivity index (χ2v) is 7.23. The van der Waals surface area contributed by atoms with E-state index in [0.717, 1.165) is 0 Å². The lowest BCUT2D eigenvalue weighted by Gasteiger charge is -2.17. The third kappa shape index (κ3) is 4.46. The number of halogens is 2. The summed E-state index contributed by atoms with van der Waals surface area (Å²) in [6.45, 7) is 4.40. The van der Waals surface area contributed by atoms with Crippen LogP contribution in [-0.4, -0.2) is 39.0 Å². The SMILES string of the molecule is CC(C)OCCN(C)S(=O)(=O)c1cc(CCl)oc1Br. The highest BCUT2D eigenvalue weighted by Crippen LogP contribution is 2.28. The van der Waals surface area contributed by atoms with Crippen molar-refractivity contribution in [3.63, 3.8) is 0 Å². The van der Waals surface area contributed by atoms with E-state index < -0.39 is 10.0 Å². The molecule has 0 amide bonds. The fourth-order valence-corrected chi connectivity index (χ4v) is 3.59. The summed E-state index contributed by atoms with van der Waals surface area (Å²) in [7, 11) is -2.10. The second kappa shape index (κ2) is 7.08. The molecule has 1 aromatic heterocycles. The molecular weight excluding hydrogens is 358 g/mol. The highest BCUT2D eigenvalue weighted by molar-refractivity contribution is 9.10. The van der Waals surface area contributed by atoms with E-state index >= 15 is 0 Å². The van der Waals surface area contributed by atoms with Crippen molar-refractivity contribution in [1.82, 2.24) is 4.31 Å². The maximum absolute atomic E-state index is 12.3. The van der Waals surface area contributed by atoms with E-state index in [4.69, 9.17) is 20.8 Å². The van der Waals surface area contributed by atoms with E-state index in [1.165, 1.54) is 17.4 Å². The average molecular weight is 375 g/mol. The maximum atomic E-state index is 12.3. The third-order valence-electron chi connectivity index (χ3n) is 2.38. The van der Waals surface area contributed by atoms with E-state index in [-0.39, 0.29) is 28.1 Å². The first kappa shape index (κ1) is 17.0. The van der Waals surface area contributed by atoms with Gasteiger partial charge < -0.3 is 9.15 Å². The van der Waals surface area contributed by atoms with Gasteiger partial charge in [0.25, 0.3) is 0 Å². The number of rotatable bonds is 7. The lowest BCUT2D eigenvalue weighted by atomic mass is 10.5. The van der Waals surface area contributed by atoms with Crippen LogP contribution in [0.4, 0.5) is 0 Å². The molecule has 0 N–H and O–H groups in total. The Hall–Kier alpha value is -0.0800. The van der Waals surface area contributed by atoms with Crippen molar-refractivity contribution in [3.05, 3.63) is 16.5 Å². The first-order chi connectivity index (χ1) is 8.78. The zero-order valence-corrected chi connectivity index (χ0v) is 14.2. The summed E-state index contributed by atoms with van der Waals surface area (Å²) in [5, 5.41) is 0. The Balaban J connectivity index is 2.81. The van der Waals surface area contributed by atoms with Crippen molar-refractivity contribution in [2.75, 3.05) is 20.2 Å². The Morgan fingerprint density at radius 2 is 2.16 bits per heavy atom. The van der Waals surface area contributed by atoms with E-state index in [1.807, 2.05) is 13.8 Å². The van der Waals surface area contributed by atoms with Crippen molar-refractivity contribution >= 4 is 37.6 Å². The molecule has 19 heavy (non-hydrogen) atoms. The molecular formula is C11H17BrClNO4S. The van der Waals surface area contributed by atoms with Crippen LogP contribution < -0.4 is 0 Å². The number of hydrogen-bond donors (Lipinski definition) is 0. The lowest BCUT2D eigenvalue weighted by Crippen LogP contribution is -2.30. The van der Waals surface area contributed by atoms with Gasteiger partial charge in [0, 0.05) is 19.7 Å². The van der Waals surface area contributed by atoms with Gasteiger partial charge in [-0.1, -0.05) is 0 Å². The Bertz CT molecular complexity index is 515. The van der Waals surface area contributed by atoms with Gasteiger partial charge in [-0.3, -0.25) is 0 Å². The summed E-state index contributed by atoms with van der Waals surface area (Å²) in [5.74, 6) is 0.521. The Morgan fingerprint density at radius 3 is 2.63 bits per heavy atom. The highest BCUT2D eigenvalue weighted by atomic mass is 79.9. The van der Waals surface area contributed by atoms with Gasteiger partial charge in [-0.2, -0.15) is 4.31 Å². The molecule has 110 valence electrons. The van der Waals surface area contributed by atoms with Gasteiger partial charge in [0.15, 0.2) is 4.67 Å². The summed E-state index contributed by atoms with van der Waals surface area (Å²) in [5.41, 5.74) is 0. The number of likely N-dealkylation sites (N-methyl/N-ethyl adjacent to an activating group) is 1. The number of alkyl halides is 1. The van der Waals surface area contributed by atoms with E-state index in [0.29, 0.717) is 12.4 Å². The van der Waals surface area contributed by atoms with Crippen LogP contribution in [0, 0.1) is 0 Å².